The van der Waals surface area contributed by atoms with Crippen LogP contribution in [0, 0.1) is 5.82 Å². The number of benzene rings is 4. The SMILES string of the molecule is CC(C)c1c(C(=O)Nc2ccc(NC(=O)NCc3ccccc3)cc2)c(-c2ccccc2)c(-c2ccc(F)cc2)n1CC[C@@H](O)C[C@@H](O)CC(=O)O. The molecule has 1 aromatic heterocycles. The van der Waals surface area contributed by atoms with Gasteiger partial charge in [-0.1, -0.05) is 74.5 Å². The number of hydrogen-bond acceptors (Lipinski definition) is 5. The normalized spacial score (nSPS) is 12.3. The summed E-state index contributed by atoms with van der Waals surface area (Å²) in [5.41, 5.74) is 5.77. The number of carbonyl (C=O) groups excluding carboxylic acids is 2. The highest BCUT2D eigenvalue weighted by Gasteiger charge is 2.31. The zero-order valence-corrected chi connectivity index (χ0v) is 29.1. The first kappa shape index (κ1) is 37.5. The molecule has 0 saturated carbocycles. The average molecular weight is 707 g/mol. The van der Waals surface area contributed by atoms with Crippen LogP contribution >= 0.6 is 0 Å². The Bertz CT molecular complexity index is 1960. The summed E-state index contributed by atoms with van der Waals surface area (Å²) in [5, 5.41) is 38.7. The highest BCUT2D eigenvalue weighted by Crippen LogP contribution is 2.42. The Morgan fingerprint density at radius 2 is 1.35 bits per heavy atom. The molecule has 0 radical (unpaired) electrons. The molecule has 0 spiro atoms. The number of anilines is 2. The van der Waals surface area contributed by atoms with Crippen LogP contribution in [-0.2, 0) is 17.9 Å². The van der Waals surface area contributed by atoms with Gasteiger partial charge in [-0.15, -0.1) is 0 Å². The highest BCUT2D eigenvalue weighted by atomic mass is 19.1. The molecule has 10 nitrogen and oxygen atoms in total. The Labute approximate surface area is 302 Å². The summed E-state index contributed by atoms with van der Waals surface area (Å²) in [6, 6.07) is 31.3. The van der Waals surface area contributed by atoms with E-state index in [-0.39, 0.29) is 37.2 Å². The van der Waals surface area contributed by atoms with Crippen LogP contribution in [0.2, 0.25) is 0 Å². The van der Waals surface area contributed by atoms with Gasteiger partial charge < -0.3 is 35.8 Å². The summed E-state index contributed by atoms with van der Waals surface area (Å²) in [7, 11) is 0. The fraction of sp³-hybridized carbons (Fsp3) is 0.244. The number of nitrogens with zero attached hydrogens (tertiary/aromatic N) is 1. The fourth-order valence-corrected chi connectivity index (χ4v) is 6.27. The van der Waals surface area contributed by atoms with Gasteiger partial charge in [0.15, 0.2) is 0 Å². The van der Waals surface area contributed by atoms with E-state index in [1.165, 1.54) is 12.1 Å². The molecule has 0 saturated heterocycles. The van der Waals surface area contributed by atoms with E-state index in [4.69, 9.17) is 5.11 Å². The van der Waals surface area contributed by atoms with Crippen LogP contribution in [0.4, 0.5) is 20.6 Å². The first-order valence-corrected chi connectivity index (χ1v) is 17.2. The summed E-state index contributed by atoms with van der Waals surface area (Å²) in [4.78, 5) is 38.0. The van der Waals surface area contributed by atoms with E-state index in [1.54, 1.807) is 36.4 Å². The standard InChI is InChI=1S/C41H43FN4O6/c1-26(2)38-37(40(51)44-31-17-19-32(20-18-31)45-41(52)43-25-27-9-5-3-6-10-27)36(28-11-7-4-8-12-28)39(29-13-15-30(42)16-14-29)46(38)22-21-33(47)23-34(48)24-35(49)50/h3-20,26,33-34,47-48H,21-25H2,1-2H3,(H,44,51)(H,49,50)(H2,43,45,52)/t33-,34-/m1/s1. The fourth-order valence-electron chi connectivity index (χ4n) is 6.27. The lowest BCUT2D eigenvalue weighted by atomic mass is 9.94. The van der Waals surface area contributed by atoms with E-state index in [1.807, 2.05) is 79.1 Å². The first-order chi connectivity index (χ1) is 25.0. The number of hydrogen-bond donors (Lipinski definition) is 6. The molecule has 5 aromatic rings. The molecule has 0 fully saturated rings. The Hall–Kier alpha value is -5.78. The Balaban J connectivity index is 1.48. The minimum Gasteiger partial charge on any atom is -0.481 e. The second kappa shape index (κ2) is 17.4. The van der Waals surface area contributed by atoms with Crippen molar-refractivity contribution < 1.29 is 34.1 Å². The van der Waals surface area contributed by atoms with Gasteiger partial charge in [-0.25, -0.2) is 9.18 Å². The topological polar surface area (TPSA) is 153 Å². The van der Waals surface area contributed by atoms with Crippen molar-refractivity contribution in [2.75, 3.05) is 10.6 Å². The van der Waals surface area contributed by atoms with Crippen LogP contribution in [-0.4, -0.2) is 50.0 Å². The third kappa shape index (κ3) is 9.71. The maximum absolute atomic E-state index is 14.5. The molecule has 0 aliphatic carbocycles. The zero-order valence-electron chi connectivity index (χ0n) is 29.1. The monoisotopic (exact) mass is 706 g/mol. The van der Waals surface area contributed by atoms with Gasteiger partial charge in [-0.2, -0.15) is 0 Å². The Morgan fingerprint density at radius 1 is 0.750 bits per heavy atom. The summed E-state index contributed by atoms with van der Waals surface area (Å²) >= 11 is 0. The zero-order chi connectivity index (χ0) is 37.2. The van der Waals surface area contributed by atoms with Gasteiger partial charge in [0.25, 0.3) is 5.91 Å². The number of carboxylic acids is 1. The molecule has 3 amide bonds. The Morgan fingerprint density at radius 3 is 1.94 bits per heavy atom. The predicted molar refractivity (Wildman–Crippen MR) is 200 cm³/mol. The maximum atomic E-state index is 14.5. The van der Waals surface area contributed by atoms with Crippen molar-refractivity contribution in [2.24, 2.45) is 0 Å². The molecule has 0 unspecified atom stereocenters. The quantitative estimate of drug-likeness (QED) is 0.0658. The van der Waals surface area contributed by atoms with Crippen molar-refractivity contribution in [3.63, 3.8) is 0 Å². The summed E-state index contributed by atoms with van der Waals surface area (Å²) in [5.74, 6) is -2.15. The number of aliphatic hydroxyl groups is 2. The Kier molecular flexibility index (Phi) is 12.6. The van der Waals surface area contributed by atoms with Crippen molar-refractivity contribution in [1.29, 1.82) is 0 Å². The minimum atomic E-state index is -1.22. The van der Waals surface area contributed by atoms with Crippen LogP contribution in [0.15, 0.2) is 109 Å². The third-order valence-corrected chi connectivity index (χ3v) is 8.59. The number of rotatable bonds is 15. The molecule has 0 bridgehead atoms. The van der Waals surface area contributed by atoms with E-state index < -0.39 is 30.4 Å². The van der Waals surface area contributed by atoms with Gasteiger partial charge >= 0.3 is 12.0 Å². The number of aliphatic hydroxyl groups excluding tert-OH is 2. The molecule has 1 heterocycles. The summed E-state index contributed by atoms with van der Waals surface area (Å²) in [6.07, 6.45) is -2.70. The second-order valence-electron chi connectivity index (χ2n) is 12.9. The van der Waals surface area contributed by atoms with E-state index in [0.717, 1.165) is 11.1 Å². The van der Waals surface area contributed by atoms with Gasteiger partial charge in [0, 0.05) is 35.7 Å². The van der Waals surface area contributed by atoms with Gasteiger partial charge in [-0.05, 0) is 84.0 Å². The number of carbonyl (C=O) groups is 3. The summed E-state index contributed by atoms with van der Waals surface area (Å²) in [6.45, 7) is 4.51. The third-order valence-electron chi connectivity index (χ3n) is 8.59. The van der Waals surface area contributed by atoms with Gasteiger partial charge in [0.2, 0.25) is 0 Å². The predicted octanol–water partition coefficient (Wildman–Crippen LogP) is 7.64. The lowest BCUT2D eigenvalue weighted by molar-refractivity contribution is -0.139. The van der Waals surface area contributed by atoms with E-state index in [9.17, 15) is 29.0 Å². The summed E-state index contributed by atoms with van der Waals surface area (Å²) < 4.78 is 16.1. The molecule has 6 N–H and O–H groups in total. The van der Waals surface area contributed by atoms with Crippen molar-refractivity contribution in [2.45, 2.75) is 64.3 Å². The van der Waals surface area contributed by atoms with E-state index in [0.29, 0.717) is 46.0 Å². The van der Waals surface area contributed by atoms with E-state index >= 15 is 0 Å². The number of carboxylic acid groups (broad SMARTS) is 1. The van der Waals surface area contributed by atoms with Crippen LogP contribution in [0.3, 0.4) is 0 Å². The van der Waals surface area contributed by atoms with Crippen molar-refractivity contribution in [3.05, 3.63) is 132 Å². The molecular weight excluding hydrogens is 663 g/mol. The molecule has 270 valence electrons. The number of nitrogens with one attached hydrogen (secondary N) is 3. The molecule has 0 aliphatic rings. The van der Waals surface area contributed by atoms with Crippen LogP contribution in [0.5, 0.6) is 0 Å². The van der Waals surface area contributed by atoms with E-state index in [2.05, 4.69) is 16.0 Å². The molecule has 52 heavy (non-hydrogen) atoms. The maximum Gasteiger partial charge on any atom is 0.319 e. The van der Waals surface area contributed by atoms with Crippen molar-refractivity contribution in [1.82, 2.24) is 9.88 Å². The minimum absolute atomic E-state index is 0.130. The average Bonchev–Trinajstić information content (AvgIpc) is 3.47. The number of amides is 3. The van der Waals surface area contributed by atoms with Gasteiger partial charge in [0.1, 0.15) is 5.82 Å². The largest absolute Gasteiger partial charge is 0.481 e. The number of aliphatic carboxylic acids is 1. The number of urea groups is 1. The number of aromatic nitrogens is 1. The highest BCUT2D eigenvalue weighted by molar-refractivity contribution is 6.12. The molecule has 2 atom stereocenters. The molecule has 4 aromatic carbocycles. The number of halogens is 1. The van der Waals surface area contributed by atoms with Gasteiger partial charge in [-0.3, -0.25) is 9.59 Å². The van der Waals surface area contributed by atoms with Crippen LogP contribution in [0.25, 0.3) is 22.4 Å². The smallest absolute Gasteiger partial charge is 0.319 e. The van der Waals surface area contributed by atoms with Gasteiger partial charge in [0.05, 0.1) is 29.9 Å². The van der Waals surface area contributed by atoms with Crippen molar-refractivity contribution >= 4 is 29.3 Å². The lowest BCUT2D eigenvalue weighted by Gasteiger charge is -2.20. The van der Waals surface area contributed by atoms with Crippen LogP contribution in [0.1, 0.15) is 60.6 Å². The van der Waals surface area contributed by atoms with Crippen LogP contribution < -0.4 is 16.0 Å². The molecule has 5 rings (SSSR count). The molecule has 0 aliphatic heterocycles. The molecular formula is C41H43FN4O6. The van der Waals surface area contributed by atoms with Crippen molar-refractivity contribution in [3.8, 4) is 22.4 Å². The lowest BCUT2D eigenvalue weighted by Crippen LogP contribution is -2.28. The first-order valence-electron chi connectivity index (χ1n) is 17.2. The second-order valence-corrected chi connectivity index (χ2v) is 12.9. The molecule has 11 heteroatoms.